The summed E-state index contributed by atoms with van der Waals surface area (Å²) in [6.07, 6.45) is 1.16. The fourth-order valence-corrected chi connectivity index (χ4v) is 1.90. The first kappa shape index (κ1) is 10.8. The first-order chi connectivity index (χ1) is 6.42. The minimum atomic E-state index is -3.05. The van der Waals surface area contributed by atoms with Crippen LogP contribution in [0, 0.1) is 0 Å². The second-order valence-electron chi connectivity index (χ2n) is 3.08. The zero-order valence-electron chi connectivity index (χ0n) is 8.02. The van der Waals surface area contributed by atoms with Crippen molar-refractivity contribution in [1.82, 2.24) is 0 Å². The van der Waals surface area contributed by atoms with Gasteiger partial charge in [0.15, 0.2) is 21.3 Å². The second kappa shape index (κ2) is 3.88. The molecule has 0 aromatic heterocycles. The molecule has 1 N–H and O–H groups in total. The van der Waals surface area contributed by atoms with Crippen molar-refractivity contribution in [1.29, 1.82) is 0 Å². The standard InChI is InChI=1S/C9H12O4S/c1-13-9-5-7(3-4-8(9)10)6-14(2,11)12/h3-5,10H,6H2,1-2H3. The van der Waals surface area contributed by atoms with Crippen molar-refractivity contribution in [3.8, 4) is 11.5 Å². The van der Waals surface area contributed by atoms with Gasteiger partial charge in [-0.3, -0.25) is 0 Å². The Labute approximate surface area is 83.1 Å². The molecule has 0 aliphatic carbocycles. The van der Waals surface area contributed by atoms with E-state index in [0.29, 0.717) is 5.56 Å². The van der Waals surface area contributed by atoms with Gasteiger partial charge in [0, 0.05) is 6.26 Å². The zero-order valence-corrected chi connectivity index (χ0v) is 8.84. The van der Waals surface area contributed by atoms with E-state index in [2.05, 4.69) is 0 Å². The molecule has 0 saturated heterocycles. The largest absolute Gasteiger partial charge is 0.504 e. The fourth-order valence-electron chi connectivity index (χ4n) is 1.11. The van der Waals surface area contributed by atoms with Crippen molar-refractivity contribution in [3.05, 3.63) is 23.8 Å². The summed E-state index contributed by atoms with van der Waals surface area (Å²) in [4.78, 5) is 0. The Morgan fingerprint density at radius 3 is 2.57 bits per heavy atom. The molecule has 0 spiro atoms. The molecule has 1 aromatic rings. The van der Waals surface area contributed by atoms with Crippen molar-refractivity contribution >= 4 is 9.84 Å². The minimum Gasteiger partial charge on any atom is -0.504 e. The third-order valence-corrected chi connectivity index (χ3v) is 2.53. The molecule has 1 aromatic carbocycles. The summed E-state index contributed by atoms with van der Waals surface area (Å²) >= 11 is 0. The van der Waals surface area contributed by atoms with Crippen LogP contribution in [0.3, 0.4) is 0 Å². The first-order valence-corrected chi connectivity index (χ1v) is 6.02. The molecule has 0 aliphatic heterocycles. The van der Waals surface area contributed by atoms with E-state index in [0.717, 1.165) is 6.26 Å². The number of hydrogen-bond acceptors (Lipinski definition) is 4. The molecule has 1 rings (SSSR count). The summed E-state index contributed by atoms with van der Waals surface area (Å²) < 4.78 is 26.8. The lowest BCUT2D eigenvalue weighted by Gasteiger charge is -2.05. The van der Waals surface area contributed by atoms with Gasteiger partial charge >= 0.3 is 0 Å². The molecule has 0 bridgehead atoms. The summed E-state index contributed by atoms with van der Waals surface area (Å²) in [6.45, 7) is 0. The van der Waals surface area contributed by atoms with Gasteiger partial charge in [-0.1, -0.05) is 6.07 Å². The van der Waals surface area contributed by atoms with Crippen LogP contribution in [0.2, 0.25) is 0 Å². The van der Waals surface area contributed by atoms with Gasteiger partial charge in [0.05, 0.1) is 12.9 Å². The summed E-state index contributed by atoms with van der Waals surface area (Å²) in [7, 11) is -1.64. The van der Waals surface area contributed by atoms with Gasteiger partial charge in [0.1, 0.15) is 0 Å². The Morgan fingerprint density at radius 2 is 2.07 bits per heavy atom. The van der Waals surface area contributed by atoms with Gasteiger partial charge in [-0.25, -0.2) is 8.42 Å². The quantitative estimate of drug-likeness (QED) is 0.817. The monoisotopic (exact) mass is 216 g/mol. The lowest BCUT2D eigenvalue weighted by atomic mass is 10.2. The van der Waals surface area contributed by atoms with Crippen LogP contribution in [0.1, 0.15) is 5.56 Å². The lowest BCUT2D eigenvalue weighted by molar-refractivity contribution is 0.373. The summed E-state index contributed by atoms with van der Waals surface area (Å²) in [6, 6.07) is 4.48. The third kappa shape index (κ3) is 2.92. The normalized spacial score (nSPS) is 11.3. The molecule has 0 atom stereocenters. The van der Waals surface area contributed by atoms with Crippen LogP contribution in [0.5, 0.6) is 11.5 Å². The highest BCUT2D eigenvalue weighted by molar-refractivity contribution is 7.89. The first-order valence-electron chi connectivity index (χ1n) is 3.96. The number of hydrogen-bond donors (Lipinski definition) is 1. The highest BCUT2D eigenvalue weighted by Crippen LogP contribution is 2.26. The predicted octanol–water partition coefficient (Wildman–Crippen LogP) is 0.945. The van der Waals surface area contributed by atoms with E-state index in [4.69, 9.17) is 4.74 Å². The van der Waals surface area contributed by atoms with Crippen LogP contribution >= 0.6 is 0 Å². The van der Waals surface area contributed by atoms with E-state index in [1.54, 1.807) is 6.07 Å². The zero-order chi connectivity index (χ0) is 10.8. The van der Waals surface area contributed by atoms with Gasteiger partial charge < -0.3 is 9.84 Å². The Morgan fingerprint density at radius 1 is 1.43 bits per heavy atom. The summed E-state index contributed by atoms with van der Waals surface area (Å²) in [5.74, 6) is 0.236. The van der Waals surface area contributed by atoms with Gasteiger partial charge in [-0.05, 0) is 17.7 Å². The van der Waals surface area contributed by atoms with E-state index < -0.39 is 9.84 Å². The van der Waals surface area contributed by atoms with Crippen LogP contribution in [0.25, 0.3) is 0 Å². The smallest absolute Gasteiger partial charge is 0.160 e. The Bertz CT molecular complexity index is 422. The number of phenols is 1. The van der Waals surface area contributed by atoms with Gasteiger partial charge in [0.2, 0.25) is 0 Å². The molecule has 5 heteroatoms. The topological polar surface area (TPSA) is 63.6 Å². The van der Waals surface area contributed by atoms with E-state index in [1.165, 1.54) is 19.2 Å². The predicted molar refractivity (Wildman–Crippen MR) is 53.2 cm³/mol. The molecule has 0 amide bonds. The maximum absolute atomic E-state index is 11.0. The fraction of sp³-hybridized carbons (Fsp3) is 0.333. The minimum absolute atomic E-state index is 0.00440. The number of ether oxygens (including phenoxy) is 1. The van der Waals surface area contributed by atoms with Crippen LogP contribution in [-0.4, -0.2) is 26.9 Å². The molecule has 0 fully saturated rings. The Kier molecular flexibility index (Phi) is 3.00. The van der Waals surface area contributed by atoms with E-state index in [9.17, 15) is 13.5 Å². The average molecular weight is 216 g/mol. The highest BCUT2D eigenvalue weighted by atomic mass is 32.2. The number of rotatable bonds is 3. The van der Waals surface area contributed by atoms with E-state index in [-0.39, 0.29) is 17.3 Å². The lowest BCUT2D eigenvalue weighted by Crippen LogP contribution is -2.00. The van der Waals surface area contributed by atoms with Crippen LogP contribution in [-0.2, 0) is 15.6 Å². The second-order valence-corrected chi connectivity index (χ2v) is 5.22. The number of aromatic hydroxyl groups is 1. The average Bonchev–Trinajstić information content (AvgIpc) is 2.06. The van der Waals surface area contributed by atoms with E-state index >= 15 is 0 Å². The molecular weight excluding hydrogens is 204 g/mol. The van der Waals surface area contributed by atoms with Crippen LogP contribution in [0.4, 0.5) is 0 Å². The van der Waals surface area contributed by atoms with Crippen LogP contribution in [0.15, 0.2) is 18.2 Å². The molecule has 0 unspecified atom stereocenters. The van der Waals surface area contributed by atoms with Crippen molar-refractivity contribution in [2.24, 2.45) is 0 Å². The number of benzene rings is 1. The van der Waals surface area contributed by atoms with Crippen molar-refractivity contribution < 1.29 is 18.3 Å². The number of methoxy groups -OCH3 is 1. The molecule has 78 valence electrons. The maximum atomic E-state index is 11.0. The molecular formula is C9H12O4S. The molecule has 4 nitrogen and oxygen atoms in total. The molecule has 0 heterocycles. The van der Waals surface area contributed by atoms with Gasteiger partial charge in [0.25, 0.3) is 0 Å². The third-order valence-electron chi connectivity index (χ3n) is 1.67. The molecule has 0 aliphatic rings. The van der Waals surface area contributed by atoms with Crippen molar-refractivity contribution in [3.63, 3.8) is 0 Å². The van der Waals surface area contributed by atoms with E-state index in [1.807, 2.05) is 0 Å². The summed E-state index contributed by atoms with van der Waals surface area (Å²) in [5, 5.41) is 9.26. The van der Waals surface area contributed by atoms with Crippen LogP contribution < -0.4 is 4.74 Å². The molecule has 0 saturated carbocycles. The van der Waals surface area contributed by atoms with Crippen molar-refractivity contribution in [2.45, 2.75) is 5.75 Å². The van der Waals surface area contributed by atoms with Gasteiger partial charge in [-0.2, -0.15) is 0 Å². The van der Waals surface area contributed by atoms with Gasteiger partial charge in [-0.15, -0.1) is 0 Å². The Hall–Kier alpha value is -1.23. The molecule has 0 radical (unpaired) electrons. The SMILES string of the molecule is COc1cc(CS(C)(=O)=O)ccc1O. The maximum Gasteiger partial charge on any atom is 0.160 e. The Balaban J connectivity index is 3.01. The van der Waals surface area contributed by atoms with Crippen molar-refractivity contribution in [2.75, 3.05) is 13.4 Å². The summed E-state index contributed by atoms with van der Waals surface area (Å²) in [5.41, 5.74) is 0.599. The highest BCUT2D eigenvalue weighted by Gasteiger charge is 2.07. The number of sulfone groups is 1. The molecule has 14 heavy (non-hydrogen) atoms. The number of phenolic OH excluding ortho intramolecular Hbond substituents is 1.